The van der Waals surface area contributed by atoms with E-state index >= 15 is 0 Å². The Bertz CT molecular complexity index is 1020. The quantitative estimate of drug-likeness (QED) is 0.751. The van der Waals surface area contributed by atoms with Gasteiger partial charge in [-0.05, 0) is 6.42 Å². The molecule has 2 aromatic rings. The largest absolute Gasteiger partial charge is 0.326 e. The van der Waals surface area contributed by atoms with E-state index in [-0.39, 0.29) is 36.9 Å². The predicted octanol–water partition coefficient (Wildman–Crippen LogP) is 3.40. The van der Waals surface area contributed by atoms with Gasteiger partial charge in [-0.25, -0.2) is 13.2 Å². The molecule has 1 fully saturated rings. The van der Waals surface area contributed by atoms with E-state index in [1.165, 1.54) is 4.90 Å². The minimum atomic E-state index is -1.60. The molecular weight excluding hydrogens is 411 g/mol. The van der Waals surface area contributed by atoms with Gasteiger partial charge in [0.15, 0.2) is 17.5 Å². The van der Waals surface area contributed by atoms with Crippen LogP contribution in [0.1, 0.15) is 32.4 Å². The van der Waals surface area contributed by atoms with Crippen molar-refractivity contribution in [3.05, 3.63) is 41.5 Å². The summed E-state index contributed by atoms with van der Waals surface area (Å²) in [5, 5.41) is 15.8. The number of rotatable bonds is 3. The van der Waals surface area contributed by atoms with Gasteiger partial charge in [0.05, 0.1) is 29.6 Å². The van der Waals surface area contributed by atoms with Crippen molar-refractivity contribution in [2.24, 2.45) is 11.8 Å². The van der Waals surface area contributed by atoms with Gasteiger partial charge < -0.3 is 10.2 Å². The van der Waals surface area contributed by atoms with Gasteiger partial charge in [0.2, 0.25) is 11.8 Å². The smallest absolute Gasteiger partial charge is 0.228 e. The fraction of sp³-hybridized carbons (Fsp3) is 0.429. The van der Waals surface area contributed by atoms with Crippen molar-refractivity contribution in [3.63, 3.8) is 0 Å². The molecule has 0 spiro atoms. The van der Waals surface area contributed by atoms with Gasteiger partial charge in [-0.15, -0.1) is 0 Å². The molecule has 164 valence electrons. The molecule has 2 amide bonds. The van der Waals surface area contributed by atoms with Crippen LogP contribution in [0.3, 0.4) is 0 Å². The van der Waals surface area contributed by atoms with Crippen LogP contribution >= 0.6 is 0 Å². The van der Waals surface area contributed by atoms with Crippen molar-refractivity contribution >= 4 is 23.2 Å². The lowest BCUT2D eigenvalue weighted by molar-refractivity contribution is -0.120. The first-order valence-corrected chi connectivity index (χ1v) is 10.1. The third kappa shape index (κ3) is 4.40. The molecule has 10 heteroatoms. The fourth-order valence-corrected chi connectivity index (χ4v) is 3.77. The molecule has 1 N–H and O–H groups in total. The normalized spacial score (nSPS) is 19.9. The van der Waals surface area contributed by atoms with E-state index in [1.54, 1.807) is 10.9 Å². The predicted molar refractivity (Wildman–Crippen MR) is 106 cm³/mol. The number of hydrogen-bond acceptors (Lipinski definition) is 4. The number of carbonyl (C=O) groups is 2. The Morgan fingerprint density at radius 1 is 1.23 bits per heavy atom. The first kappa shape index (κ1) is 22.3. The summed E-state index contributed by atoms with van der Waals surface area (Å²) in [5.74, 6) is -5.90. The highest BCUT2D eigenvalue weighted by Crippen LogP contribution is 2.33. The van der Waals surface area contributed by atoms with Gasteiger partial charge in [-0.2, -0.15) is 10.4 Å². The minimum absolute atomic E-state index is 0.146. The second-order valence-corrected chi connectivity index (χ2v) is 7.17. The van der Waals surface area contributed by atoms with E-state index in [9.17, 15) is 22.8 Å². The maximum absolute atomic E-state index is 13.4. The Kier molecular flexibility index (Phi) is 6.63. The van der Waals surface area contributed by atoms with Crippen LogP contribution in [0.2, 0.25) is 0 Å². The number of nitrogens with one attached hydrogen (secondary N) is 1. The highest BCUT2D eigenvalue weighted by Gasteiger charge is 2.35. The average Bonchev–Trinajstić information content (AvgIpc) is 3.35. The van der Waals surface area contributed by atoms with Gasteiger partial charge in [0, 0.05) is 49.7 Å². The van der Waals surface area contributed by atoms with Crippen LogP contribution in [0.25, 0.3) is 0 Å². The summed E-state index contributed by atoms with van der Waals surface area (Å²) in [6.45, 7) is 4.71. The lowest BCUT2D eigenvalue weighted by atomic mass is 9.94. The summed E-state index contributed by atoms with van der Waals surface area (Å²) < 4.78 is 41.5. The number of fused-ring (bicyclic) bond motifs is 1. The molecule has 7 nitrogen and oxygen atoms in total. The lowest BCUT2D eigenvalue weighted by Gasteiger charge is -2.25. The molecule has 31 heavy (non-hydrogen) atoms. The summed E-state index contributed by atoms with van der Waals surface area (Å²) in [6.07, 6.45) is 2.42. The standard InChI is InChI=1S/C19H16F3N5O2.C2H6/c20-13-5-12(6-14(21)18(13)22)25-19(29)11-1-2-27-15(4-11)16(8-24-27)26-9-10(7-23)3-17(26)28;1-2/h5-6,8,10-11H,1-4,9H2,(H,25,29);1-2H3. The number of hydrogen-bond donors (Lipinski definition) is 1. The van der Waals surface area contributed by atoms with Crippen LogP contribution in [0, 0.1) is 40.6 Å². The number of nitrogens with zero attached hydrogens (tertiary/aromatic N) is 4. The summed E-state index contributed by atoms with van der Waals surface area (Å²) >= 11 is 0. The molecule has 3 heterocycles. The number of anilines is 2. The molecule has 2 atom stereocenters. The van der Waals surface area contributed by atoms with Crippen LogP contribution in [-0.2, 0) is 22.6 Å². The van der Waals surface area contributed by atoms with Gasteiger partial charge in [-0.3, -0.25) is 14.3 Å². The molecule has 4 rings (SSSR count). The van der Waals surface area contributed by atoms with Crippen molar-refractivity contribution in [1.29, 1.82) is 5.26 Å². The van der Waals surface area contributed by atoms with Crippen LogP contribution < -0.4 is 10.2 Å². The summed E-state index contributed by atoms with van der Waals surface area (Å²) in [4.78, 5) is 26.3. The maximum Gasteiger partial charge on any atom is 0.228 e. The molecule has 0 radical (unpaired) electrons. The second kappa shape index (κ2) is 9.20. The Hall–Kier alpha value is -3.35. The zero-order valence-corrected chi connectivity index (χ0v) is 17.2. The number of aromatic nitrogens is 2. The second-order valence-electron chi connectivity index (χ2n) is 7.17. The number of nitriles is 1. The summed E-state index contributed by atoms with van der Waals surface area (Å²) in [7, 11) is 0. The molecular formula is C21H22F3N5O2. The Balaban J connectivity index is 0.00000132. The van der Waals surface area contributed by atoms with E-state index < -0.39 is 29.3 Å². The van der Waals surface area contributed by atoms with Crippen molar-refractivity contribution in [3.8, 4) is 6.07 Å². The minimum Gasteiger partial charge on any atom is -0.326 e. The third-order valence-electron chi connectivity index (χ3n) is 5.28. The molecule has 0 aliphatic carbocycles. The molecule has 2 aliphatic rings. The van der Waals surface area contributed by atoms with E-state index in [2.05, 4.69) is 16.5 Å². The van der Waals surface area contributed by atoms with Crippen LogP contribution in [0.5, 0.6) is 0 Å². The SMILES string of the molecule is CC.N#CC1CC(=O)N(c2cnn3c2CC(C(=O)Nc2cc(F)c(F)c(F)c2)CC3)C1. The molecule has 0 saturated carbocycles. The molecule has 2 unspecified atom stereocenters. The Morgan fingerprint density at radius 3 is 2.52 bits per heavy atom. The number of amides is 2. The zero-order valence-electron chi connectivity index (χ0n) is 17.2. The monoisotopic (exact) mass is 433 g/mol. The number of halogens is 3. The molecule has 1 saturated heterocycles. The van der Waals surface area contributed by atoms with Gasteiger partial charge in [0.1, 0.15) is 0 Å². The average molecular weight is 433 g/mol. The van der Waals surface area contributed by atoms with Crippen LogP contribution in [-0.4, -0.2) is 28.1 Å². The maximum atomic E-state index is 13.4. The number of carbonyl (C=O) groups excluding carboxylic acids is 2. The molecule has 1 aromatic carbocycles. The topological polar surface area (TPSA) is 91.0 Å². The van der Waals surface area contributed by atoms with Gasteiger partial charge in [-0.1, -0.05) is 13.8 Å². The van der Waals surface area contributed by atoms with E-state index in [0.717, 1.165) is 12.1 Å². The van der Waals surface area contributed by atoms with Crippen molar-refractivity contribution in [1.82, 2.24) is 9.78 Å². The number of aryl methyl sites for hydroxylation is 1. The van der Waals surface area contributed by atoms with Crippen LogP contribution in [0.4, 0.5) is 24.5 Å². The number of benzene rings is 1. The first-order valence-electron chi connectivity index (χ1n) is 10.1. The molecule has 0 bridgehead atoms. The van der Waals surface area contributed by atoms with Crippen LogP contribution in [0.15, 0.2) is 18.3 Å². The van der Waals surface area contributed by atoms with E-state index in [0.29, 0.717) is 24.3 Å². The Morgan fingerprint density at radius 2 is 1.90 bits per heavy atom. The van der Waals surface area contributed by atoms with E-state index in [1.807, 2.05) is 13.8 Å². The van der Waals surface area contributed by atoms with Crippen molar-refractivity contribution in [2.75, 3.05) is 16.8 Å². The van der Waals surface area contributed by atoms with E-state index in [4.69, 9.17) is 5.26 Å². The molecule has 1 aromatic heterocycles. The van der Waals surface area contributed by atoms with Gasteiger partial charge >= 0.3 is 0 Å². The first-order chi connectivity index (χ1) is 14.9. The lowest BCUT2D eigenvalue weighted by Crippen LogP contribution is -2.32. The van der Waals surface area contributed by atoms with Crippen molar-refractivity contribution in [2.45, 2.75) is 39.7 Å². The highest BCUT2D eigenvalue weighted by molar-refractivity contribution is 5.97. The summed E-state index contributed by atoms with van der Waals surface area (Å²) in [6, 6.07) is 3.54. The zero-order chi connectivity index (χ0) is 22.7. The molecule has 2 aliphatic heterocycles. The van der Waals surface area contributed by atoms with Crippen molar-refractivity contribution < 1.29 is 22.8 Å². The highest BCUT2D eigenvalue weighted by atomic mass is 19.2. The third-order valence-corrected chi connectivity index (χ3v) is 5.28. The fourth-order valence-electron chi connectivity index (χ4n) is 3.77. The van der Waals surface area contributed by atoms with Gasteiger partial charge in [0.25, 0.3) is 0 Å². The summed E-state index contributed by atoms with van der Waals surface area (Å²) in [5.41, 5.74) is 1.10. The Labute approximate surface area is 177 Å².